The van der Waals surface area contributed by atoms with Gasteiger partial charge in [-0.2, -0.15) is 5.10 Å². The lowest BCUT2D eigenvalue weighted by atomic mass is 10.1. The third-order valence-electron chi connectivity index (χ3n) is 3.89. The van der Waals surface area contributed by atoms with Gasteiger partial charge in [-0.15, -0.1) is 11.8 Å². The minimum atomic E-state index is -0.309. The van der Waals surface area contributed by atoms with Crippen molar-refractivity contribution in [3.8, 4) is 0 Å². The quantitative estimate of drug-likeness (QED) is 0.600. The molecule has 6 nitrogen and oxygen atoms in total. The van der Waals surface area contributed by atoms with Crippen molar-refractivity contribution < 1.29 is 9.59 Å². The summed E-state index contributed by atoms with van der Waals surface area (Å²) in [4.78, 5) is 28.5. The number of thioether (sulfide) groups is 1. The lowest BCUT2D eigenvalue weighted by Crippen LogP contribution is -2.18. The number of halogens is 1. The number of benzene rings is 2. The highest BCUT2D eigenvalue weighted by Gasteiger charge is 2.18. The largest absolute Gasteiger partial charge is 0.360 e. The van der Waals surface area contributed by atoms with Crippen molar-refractivity contribution in [1.82, 2.24) is 10.4 Å². The number of hydrogen-bond donors (Lipinski definition) is 3. The Kier molecular flexibility index (Phi) is 4.40. The maximum atomic E-state index is 12.3. The van der Waals surface area contributed by atoms with E-state index in [1.165, 1.54) is 11.8 Å². The second-order valence-corrected chi connectivity index (χ2v) is 7.17. The molecule has 26 heavy (non-hydrogen) atoms. The predicted octanol–water partition coefficient (Wildman–Crippen LogP) is 3.63. The molecule has 4 rings (SSSR count). The molecule has 3 N–H and O–H groups in total. The van der Waals surface area contributed by atoms with Gasteiger partial charge in [0.25, 0.3) is 5.91 Å². The molecule has 1 aromatic heterocycles. The molecule has 0 fully saturated rings. The Morgan fingerprint density at radius 1 is 1.23 bits per heavy atom. The first-order valence-electron chi connectivity index (χ1n) is 7.77. The number of carbonyl (C=O) groups excluding carboxylic acids is 2. The second-order valence-electron chi connectivity index (χ2n) is 5.68. The molecule has 3 aromatic rings. The van der Waals surface area contributed by atoms with Crippen molar-refractivity contribution in [3.05, 3.63) is 58.7 Å². The van der Waals surface area contributed by atoms with Crippen LogP contribution in [0.3, 0.4) is 0 Å². The molecule has 0 saturated carbocycles. The van der Waals surface area contributed by atoms with Crippen LogP contribution in [0.25, 0.3) is 10.9 Å². The summed E-state index contributed by atoms with van der Waals surface area (Å²) in [5, 5.41) is 8.16. The van der Waals surface area contributed by atoms with E-state index in [1.807, 2.05) is 12.1 Å². The van der Waals surface area contributed by atoms with Crippen molar-refractivity contribution >= 4 is 58.0 Å². The van der Waals surface area contributed by atoms with Crippen LogP contribution in [0.1, 0.15) is 15.9 Å². The van der Waals surface area contributed by atoms with Gasteiger partial charge < -0.3 is 10.3 Å². The predicted molar refractivity (Wildman–Crippen MR) is 104 cm³/mol. The highest BCUT2D eigenvalue weighted by Crippen LogP contribution is 2.28. The molecule has 1 aliphatic heterocycles. The molecule has 1 aliphatic rings. The summed E-state index contributed by atoms with van der Waals surface area (Å²) >= 11 is 7.27. The topological polar surface area (TPSA) is 86.3 Å². The van der Waals surface area contributed by atoms with Crippen molar-refractivity contribution in [3.63, 3.8) is 0 Å². The van der Waals surface area contributed by atoms with E-state index >= 15 is 0 Å². The fourth-order valence-electron chi connectivity index (χ4n) is 2.75. The average molecular weight is 385 g/mol. The van der Waals surface area contributed by atoms with E-state index in [-0.39, 0.29) is 17.6 Å². The van der Waals surface area contributed by atoms with Crippen LogP contribution in [0, 0.1) is 0 Å². The van der Waals surface area contributed by atoms with E-state index in [0.29, 0.717) is 16.3 Å². The highest BCUT2D eigenvalue weighted by molar-refractivity contribution is 8.00. The van der Waals surface area contributed by atoms with Gasteiger partial charge in [-0.3, -0.25) is 9.59 Å². The number of anilines is 1. The number of hydrogen-bond acceptors (Lipinski definition) is 4. The van der Waals surface area contributed by atoms with Crippen LogP contribution >= 0.6 is 23.4 Å². The Morgan fingerprint density at radius 2 is 2.04 bits per heavy atom. The van der Waals surface area contributed by atoms with E-state index in [4.69, 9.17) is 11.6 Å². The zero-order valence-corrected chi connectivity index (χ0v) is 14.9. The number of hydrazone groups is 1. The van der Waals surface area contributed by atoms with Crippen molar-refractivity contribution in [2.24, 2.45) is 5.10 Å². The number of aromatic nitrogens is 1. The minimum absolute atomic E-state index is 0.159. The van der Waals surface area contributed by atoms with Crippen LogP contribution in [0.2, 0.25) is 5.02 Å². The van der Waals surface area contributed by atoms with E-state index in [2.05, 4.69) is 20.8 Å². The molecule has 0 aliphatic carbocycles. The van der Waals surface area contributed by atoms with Crippen LogP contribution < -0.4 is 10.7 Å². The van der Waals surface area contributed by atoms with Crippen LogP contribution in [0.5, 0.6) is 0 Å². The lowest BCUT2D eigenvalue weighted by Gasteiger charge is -2.08. The summed E-state index contributed by atoms with van der Waals surface area (Å²) in [5.74, 6) is -0.217. The van der Waals surface area contributed by atoms with Crippen LogP contribution in [-0.4, -0.2) is 28.8 Å². The number of H-pyrrole nitrogens is 1. The number of nitrogens with zero attached hydrogens (tertiary/aromatic N) is 1. The van der Waals surface area contributed by atoms with Gasteiger partial charge >= 0.3 is 0 Å². The highest BCUT2D eigenvalue weighted by atomic mass is 35.5. The lowest BCUT2D eigenvalue weighted by molar-refractivity contribution is -0.113. The van der Waals surface area contributed by atoms with E-state index in [9.17, 15) is 9.59 Å². The molecule has 0 unspecified atom stereocenters. The number of nitrogens with one attached hydrogen (secondary N) is 3. The Morgan fingerprint density at radius 3 is 2.85 bits per heavy atom. The first-order chi connectivity index (χ1) is 12.6. The third-order valence-corrected chi connectivity index (χ3v) is 5.16. The van der Waals surface area contributed by atoms with Crippen molar-refractivity contribution in [2.45, 2.75) is 4.90 Å². The number of amides is 2. The van der Waals surface area contributed by atoms with Gasteiger partial charge in [-0.1, -0.05) is 11.6 Å². The maximum Gasteiger partial charge on any atom is 0.272 e. The zero-order valence-electron chi connectivity index (χ0n) is 13.4. The standard InChI is InChI=1S/C18H13ClN4O2S/c19-11-1-3-13(4-2-11)26-9-16(24)22-12-5-14-17-10(7-20-15(17)6-12)8-21-23-18(14)25/h1-8,20H,9H2,(H,22,24)(H,23,25). The maximum absolute atomic E-state index is 12.3. The normalized spacial score (nSPS) is 12.7. The van der Waals surface area contributed by atoms with E-state index in [1.54, 1.807) is 36.7 Å². The molecule has 8 heteroatoms. The number of rotatable bonds is 4. The summed E-state index contributed by atoms with van der Waals surface area (Å²) in [5.41, 5.74) is 5.07. The Bertz CT molecular complexity index is 1040. The van der Waals surface area contributed by atoms with Gasteiger partial charge in [0.2, 0.25) is 5.91 Å². The summed E-state index contributed by atoms with van der Waals surface area (Å²) in [6.07, 6.45) is 3.37. The number of aromatic amines is 1. The Balaban J connectivity index is 1.52. The SMILES string of the molecule is O=C(CSc1ccc(Cl)cc1)Nc1cc2c3c(c[nH]c3c1)C=NNC2=O. The van der Waals surface area contributed by atoms with Gasteiger partial charge in [0.05, 0.1) is 17.5 Å². The van der Waals surface area contributed by atoms with Gasteiger partial charge in [0, 0.05) is 38.3 Å². The van der Waals surface area contributed by atoms with Crippen molar-refractivity contribution in [1.29, 1.82) is 0 Å². The molecule has 0 bridgehead atoms. The van der Waals surface area contributed by atoms with E-state index < -0.39 is 0 Å². The fraction of sp³-hybridized carbons (Fsp3) is 0.0556. The molecule has 0 atom stereocenters. The van der Waals surface area contributed by atoms with Crippen molar-refractivity contribution in [2.75, 3.05) is 11.1 Å². The molecule has 0 saturated heterocycles. The second kappa shape index (κ2) is 6.86. The smallest absolute Gasteiger partial charge is 0.272 e. The summed E-state index contributed by atoms with van der Waals surface area (Å²) in [6, 6.07) is 10.8. The number of carbonyl (C=O) groups is 2. The summed E-state index contributed by atoms with van der Waals surface area (Å²) in [6.45, 7) is 0. The molecule has 0 spiro atoms. The van der Waals surface area contributed by atoms with E-state index in [0.717, 1.165) is 21.4 Å². The molecular formula is C18H13ClN4O2S. The summed E-state index contributed by atoms with van der Waals surface area (Å²) < 4.78 is 0. The molecule has 2 aromatic carbocycles. The van der Waals surface area contributed by atoms with Crippen LogP contribution in [0.4, 0.5) is 5.69 Å². The fourth-order valence-corrected chi connectivity index (χ4v) is 3.57. The molecule has 2 amide bonds. The monoisotopic (exact) mass is 384 g/mol. The van der Waals surface area contributed by atoms with Gasteiger partial charge in [-0.25, -0.2) is 5.43 Å². The van der Waals surface area contributed by atoms with Gasteiger partial charge in [-0.05, 0) is 36.4 Å². The zero-order chi connectivity index (χ0) is 18.1. The van der Waals surface area contributed by atoms with Crippen LogP contribution in [0.15, 0.2) is 52.6 Å². The van der Waals surface area contributed by atoms with Crippen LogP contribution in [-0.2, 0) is 4.79 Å². The van der Waals surface area contributed by atoms with Gasteiger partial charge in [0.15, 0.2) is 0 Å². The minimum Gasteiger partial charge on any atom is -0.360 e. The Hall–Kier alpha value is -2.77. The summed E-state index contributed by atoms with van der Waals surface area (Å²) in [7, 11) is 0. The molecule has 2 heterocycles. The molecule has 130 valence electrons. The third kappa shape index (κ3) is 3.31. The first kappa shape index (κ1) is 16.7. The molecular weight excluding hydrogens is 372 g/mol. The Labute approximate surface area is 158 Å². The first-order valence-corrected chi connectivity index (χ1v) is 9.13. The average Bonchev–Trinajstić information content (AvgIpc) is 2.95. The molecule has 0 radical (unpaired) electrons. The van der Waals surface area contributed by atoms with Gasteiger partial charge in [0.1, 0.15) is 0 Å².